The molecule has 0 saturated carbocycles. The Balaban J connectivity index is 2.27. The van der Waals surface area contributed by atoms with Crippen molar-refractivity contribution < 1.29 is 5.11 Å². The monoisotopic (exact) mass is 218 g/mol. The number of nitrogens with two attached hydrogens (primary N) is 2. The van der Waals surface area contributed by atoms with Crippen LogP contribution in [0, 0.1) is 0 Å². The molecule has 0 bridgehead atoms. The van der Waals surface area contributed by atoms with Crippen molar-refractivity contribution in [1.82, 2.24) is 15.0 Å². The highest BCUT2D eigenvalue weighted by molar-refractivity contribution is 5.56. The van der Waals surface area contributed by atoms with Gasteiger partial charge in [0.05, 0.1) is 0 Å². The maximum absolute atomic E-state index is 9.26. The molecule has 82 valence electrons. The maximum atomic E-state index is 9.26. The summed E-state index contributed by atoms with van der Waals surface area (Å²) in [6, 6.07) is 6.51. The first-order chi connectivity index (χ1) is 7.63. The summed E-state index contributed by atoms with van der Waals surface area (Å²) in [5.41, 5.74) is 11.5. The highest BCUT2D eigenvalue weighted by atomic mass is 16.3. The second-order valence-corrected chi connectivity index (χ2v) is 3.05. The first-order valence-corrected chi connectivity index (χ1v) is 4.46. The Labute approximate surface area is 91.2 Å². The number of phenols is 1. The molecule has 0 aliphatic carbocycles. The van der Waals surface area contributed by atoms with Gasteiger partial charge in [0.15, 0.2) is 0 Å². The van der Waals surface area contributed by atoms with Gasteiger partial charge in [-0.05, 0) is 12.1 Å². The van der Waals surface area contributed by atoms with Crippen LogP contribution in [0.4, 0.5) is 23.5 Å². The van der Waals surface area contributed by atoms with Gasteiger partial charge in [-0.25, -0.2) is 0 Å². The van der Waals surface area contributed by atoms with Crippen LogP contribution >= 0.6 is 0 Å². The summed E-state index contributed by atoms with van der Waals surface area (Å²) in [5.74, 6) is 0.445. The van der Waals surface area contributed by atoms with E-state index in [0.29, 0.717) is 5.69 Å². The molecule has 1 aromatic carbocycles. The molecule has 0 atom stereocenters. The number of aromatic nitrogens is 3. The smallest absolute Gasteiger partial charge is 0.233 e. The number of rotatable bonds is 2. The Bertz CT molecular complexity index is 495. The fraction of sp³-hybridized carbons (Fsp3) is 0. The Morgan fingerprint density at radius 1 is 1.06 bits per heavy atom. The first-order valence-electron chi connectivity index (χ1n) is 4.46. The molecule has 2 aromatic rings. The normalized spacial score (nSPS) is 10.0. The lowest BCUT2D eigenvalue weighted by Gasteiger charge is -2.05. The van der Waals surface area contributed by atoms with Gasteiger partial charge in [-0.15, -0.1) is 0 Å². The number of nitrogens with one attached hydrogen (secondary N) is 1. The molecule has 0 aliphatic rings. The molecule has 16 heavy (non-hydrogen) atoms. The maximum Gasteiger partial charge on any atom is 0.233 e. The van der Waals surface area contributed by atoms with Crippen molar-refractivity contribution >= 4 is 23.5 Å². The number of hydrogen-bond acceptors (Lipinski definition) is 7. The lowest BCUT2D eigenvalue weighted by Crippen LogP contribution is -2.06. The summed E-state index contributed by atoms with van der Waals surface area (Å²) in [6.45, 7) is 0. The molecule has 0 amide bonds. The second kappa shape index (κ2) is 3.89. The summed E-state index contributed by atoms with van der Waals surface area (Å²) >= 11 is 0. The van der Waals surface area contributed by atoms with Crippen LogP contribution in [-0.4, -0.2) is 20.1 Å². The van der Waals surface area contributed by atoms with Crippen LogP contribution in [-0.2, 0) is 0 Å². The van der Waals surface area contributed by atoms with Crippen LogP contribution < -0.4 is 16.8 Å². The zero-order chi connectivity index (χ0) is 11.5. The lowest BCUT2D eigenvalue weighted by molar-refractivity contribution is 0.475. The summed E-state index contributed by atoms with van der Waals surface area (Å²) in [7, 11) is 0. The van der Waals surface area contributed by atoms with Crippen LogP contribution in [0.15, 0.2) is 24.3 Å². The second-order valence-electron chi connectivity index (χ2n) is 3.05. The van der Waals surface area contributed by atoms with E-state index in [4.69, 9.17) is 11.5 Å². The van der Waals surface area contributed by atoms with Crippen molar-refractivity contribution in [1.29, 1.82) is 0 Å². The molecule has 6 N–H and O–H groups in total. The van der Waals surface area contributed by atoms with Crippen LogP contribution in [0.2, 0.25) is 0 Å². The van der Waals surface area contributed by atoms with Crippen LogP contribution in [0.1, 0.15) is 0 Å². The Morgan fingerprint density at radius 2 is 1.75 bits per heavy atom. The highest BCUT2D eigenvalue weighted by Crippen LogP contribution is 2.18. The minimum Gasteiger partial charge on any atom is -0.508 e. The standard InChI is InChI=1S/C9H10N6O/c10-7-13-8(11)15-9(14-7)12-5-2-1-3-6(16)4-5/h1-4,16H,(H5,10,11,12,13,14,15). The molecule has 0 radical (unpaired) electrons. The van der Waals surface area contributed by atoms with Gasteiger partial charge in [0, 0.05) is 11.8 Å². The first kappa shape index (κ1) is 9.97. The van der Waals surface area contributed by atoms with E-state index >= 15 is 0 Å². The largest absolute Gasteiger partial charge is 0.508 e. The Kier molecular flexibility index (Phi) is 2.42. The van der Waals surface area contributed by atoms with Crippen LogP contribution in [0.25, 0.3) is 0 Å². The van der Waals surface area contributed by atoms with Gasteiger partial charge < -0.3 is 21.9 Å². The van der Waals surface area contributed by atoms with Gasteiger partial charge in [0.2, 0.25) is 17.8 Å². The molecule has 0 saturated heterocycles. The van der Waals surface area contributed by atoms with E-state index in [-0.39, 0.29) is 23.6 Å². The van der Waals surface area contributed by atoms with Crippen molar-refractivity contribution in [2.75, 3.05) is 16.8 Å². The average Bonchev–Trinajstić information content (AvgIpc) is 2.15. The quantitative estimate of drug-likeness (QED) is 0.578. The van der Waals surface area contributed by atoms with E-state index in [9.17, 15) is 5.11 Å². The third-order valence-corrected chi connectivity index (χ3v) is 1.77. The summed E-state index contributed by atoms with van der Waals surface area (Å²) < 4.78 is 0. The molecule has 7 heteroatoms. The lowest BCUT2D eigenvalue weighted by atomic mass is 10.3. The zero-order valence-corrected chi connectivity index (χ0v) is 8.25. The van der Waals surface area contributed by atoms with Gasteiger partial charge in [-0.1, -0.05) is 6.07 Å². The fourth-order valence-electron chi connectivity index (χ4n) is 1.18. The number of hydrogen-bond donors (Lipinski definition) is 4. The summed E-state index contributed by atoms with van der Waals surface area (Å²) in [5, 5.41) is 12.1. The zero-order valence-electron chi connectivity index (χ0n) is 8.25. The molecule has 0 unspecified atom stereocenters. The van der Waals surface area contributed by atoms with Crippen molar-refractivity contribution in [3.8, 4) is 5.75 Å². The Hall–Kier alpha value is -2.57. The predicted molar refractivity (Wildman–Crippen MR) is 60.0 cm³/mol. The van der Waals surface area contributed by atoms with Gasteiger partial charge in [-0.2, -0.15) is 15.0 Å². The van der Waals surface area contributed by atoms with Gasteiger partial charge >= 0.3 is 0 Å². The molecule has 7 nitrogen and oxygen atoms in total. The fourth-order valence-corrected chi connectivity index (χ4v) is 1.18. The van der Waals surface area contributed by atoms with Gasteiger partial charge in [0.25, 0.3) is 0 Å². The molecule has 1 aromatic heterocycles. The van der Waals surface area contributed by atoms with Crippen molar-refractivity contribution in [3.05, 3.63) is 24.3 Å². The van der Waals surface area contributed by atoms with E-state index in [1.54, 1.807) is 18.2 Å². The van der Waals surface area contributed by atoms with Crippen molar-refractivity contribution in [3.63, 3.8) is 0 Å². The molecule has 0 aliphatic heterocycles. The summed E-state index contributed by atoms with van der Waals surface area (Å²) in [4.78, 5) is 11.3. The van der Waals surface area contributed by atoms with E-state index in [0.717, 1.165) is 0 Å². The van der Waals surface area contributed by atoms with Gasteiger partial charge in [0.1, 0.15) is 5.75 Å². The SMILES string of the molecule is Nc1nc(N)nc(Nc2cccc(O)c2)n1. The number of phenolic OH excluding ortho intramolecular Hbond substituents is 1. The molecular formula is C9H10N6O. The van der Waals surface area contributed by atoms with Crippen molar-refractivity contribution in [2.24, 2.45) is 0 Å². The molecule has 1 heterocycles. The van der Waals surface area contributed by atoms with E-state index in [1.807, 2.05) is 0 Å². The number of nitrogens with zero attached hydrogens (tertiary/aromatic N) is 3. The van der Waals surface area contributed by atoms with E-state index in [2.05, 4.69) is 20.3 Å². The van der Waals surface area contributed by atoms with Crippen LogP contribution in [0.3, 0.4) is 0 Å². The Morgan fingerprint density at radius 3 is 2.38 bits per heavy atom. The third kappa shape index (κ3) is 2.27. The third-order valence-electron chi connectivity index (χ3n) is 1.77. The highest BCUT2D eigenvalue weighted by Gasteiger charge is 2.02. The summed E-state index contributed by atoms with van der Waals surface area (Å²) in [6.07, 6.45) is 0. The number of nitrogen functional groups attached to an aromatic ring is 2. The molecule has 0 spiro atoms. The average molecular weight is 218 g/mol. The molecule has 0 fully saturated rings. The number of benzene rings is 1. The molecular weight excluding hydrogens is 208 g/mol. The molecule has 2 rings (SSSR count). The van der Waals surface area contributed by atoms with E-state index in [1.165, 1.54) is 6.07 Å². The number of anilines is 4. The van der Waals surface area contributed by atoms with Crippen molar-refractivity contribution in [2.45, 2.75) is 0 Å². The van der Waals surface area contributed by atoms with E-state index < -0.39 is 0 Å². The number of aromatic hydroxyl groups is 1. The van der Waals surface area contributed by atoms with Gasteiger partial charge in [-0.3, -0.25) is 0 Å². The predicted octanol–water partition coefficient (Wildman–Crippen LogP) is 0.485. The topological polar surface area (TPSA) is 123 Å². The minimum atomic E-state index is 0.0372. The van der Waals surface area contributed by atoms with Crippen LogP contribution in [0.5, 0.6) is 5.75 Å². The minimum absolute atomic E-state index is 0.0372.